The van der Waals surface area contributed by atoms with Crippen molar-refractivity contribution < 1.29 is 23.1 Å². The third-order valence-corrected chi connectivity index (χ3v) is 5.86. The fourth-order valence-corrected chi connectivity index (χ4v) is 4.61. The first-order valence-corrected chi connectivity index (χ1v) is 7.58. The van der Waals surface area contributed by atoms with Gasteiger partial charge in [0.05, 0.1) is 11.9 Å². The van der Waals surface area contributed by atoms with Crippen LogP contribution < -0.4 is 0 Å². The third kappa shape index (κ3) is 2.21. The molecule has 0 bridgehead atoms. The van der Waals surface area contributed by atoms with Gasteiger partial charge >= 0.3 is 6.09 Å². The largest absolute Gasteiger partial charge is 0.444 e. The van der Waals surface area contributed by atoms with Gasteiger partial charge in [-0.25, -0.2) is 13.2 Å². The average Bonchev–Trinajstić information content (AvgIpc) is 2.28. The minimum Gasteiger partial charge on any atom is -0.444 e. The number of hydrogen-bond donors (Lipinski definition) is 1. The molecule has 104 valence electrons. The molecule has 2 aliphatic rings. The summed E-state index contributed by atoms with van der Waals surface area (Å²) in [5.41, 5.74) is -0.589. The molecule has 0 aromatic carbocycles. The number of carbonyl (C=O) groups excluding carboxylic acids is 1. The van der Waals surface area contributed by atoms with Crippen LogP contribution in [0.1, 0.15) is 27.2 Å². The molecule has 0 aromatic heterocycles. The predicted molar refractivity (Wildman–Crippen MR) is 64.9 cm³/mol. The lowest BCUT2D eigenvalue weighted by Crippen LogP contribution is -2.66. The second-order valence-corrected chi connectivity index (χ2v) is 8.59. The summed E-state index contributed by atoms with van der Waals surface area (Å²) in [6.45, 7) is 5.53. The van der Waals surface area contributed by atoms with E-state index in [1.54, 1.807) is 20.8 Å². The number of nitrogens with zero attached hydrogens (tertiary/aromatic N) is 1. The summed E-state index contributed by atoms with van der Waals surface area (Å²) in [5, 5.41) is 9.46. The van der Waals surface area contributed by atoms with Gasteiger partial charge < -0.3 is 14.7 Å². The molecular formula is C11H19NO5S. The highest BCUT2D eigenvalue weighted by Crippen LogP contribution is 2.40. The van der Waals surface area contributed by atoms with Crippen LogP contribution >= 0.6 is 0 Å². The molecule has 2 saturated heterocycles. The molecule has 1 N–H and O–H groups in total. The zero-order chi connectivity index (χ0) is 13.8. The van der Waals surface area contributed by atoms with Gasteiger partial charge in [0.15, 0.2) is 9.84 Å². The Labute approximate surface area is 107 Å². The molecule has 0 saturated carbocycles. The molecule has 2 rings (SSSR count). The maximum absolute atomic E-state index is 11.9. The highest BCUT2D eigenvalue weighted by atomic mass is 32.2. The minimum absolute atomic E-state index is 0.126. The number of sulfone groups is 1. The van der Waals surface area contributed by atoms with E-state index in [1.165, 1.54) is 4.90 Å². The number of aliphatic hydroxyl groups is 1. The van der Waals surface area contributed by atoms with E-state index >= 15 is 0 Å². The second-order valence-electron chi connectivity index (χ2n) is 6.16. The SMILES string of the molecule is CC(C)(C)OC(=O)N1CC2(C[C@@H](O)CS2(=O)=O)C1. The van der Waals surface area contributed by atoms with Gasteiger partial charge in [-0.05, 0) is 27.2 Å². The number of hydrogen-bond acceptors (Lipinski definition) is 5. The first-order chi connectivity index (χ1) is 8.05. The molecule has 6 nitrogen and oxygen atoms in total. The Morgan fingerprint density at radius 3 is 2.33 bits per heavy atom. The highest BCUT2D eigenvalue weighted by molar-refractivity contribution is 7.93. The molecule has 0 aliphatic carbocycles. The van der Waals surface area contributed by atoms with E-state index < -0.39 is 32.4 Å². The normalized spacial score (nSPS) is 29.1. The summed E-state index contributed by atoms with van der Waals surface area (Å²) in [6, 6.07) is 0. The van der Waals surface area contributed by atoms with Gasteiger partial charge in [0.1, 0.15) is 10.3 Å². The molecule has 18 heavy (non-hydrogen) atoms. The number of likely N-dealkylation sites (tertiary alicyclic amines) is 1. The van der Waals surface area contributed by atoms with Gasteiger partial charge in [0.2, 0.25) is 0 Å². The first-order valence-electron chi connectivity index (χ1n) is 5.93. The molecule has 1 spiro atoms. The summed E-state index contributed by atoms with van der Waals surface area (Å²) in [6.07, 6.45) is -1.09. The van der Waals surface area contributed by atoms with Gasteiger partial charge in [-0.2, -0.15) is 0 Å². The molecule has 0 radical (unpaired) electrons. The molecule has 2 fully saturated rings. The van der Waals surface area contributed by atoms with Gasteiger partial charge in [0.25, 0.3) is 0 Å². The van der Waals surface area contributed by atoms with Crippen molar-refractivity contribution in [2.24, 2.45) is 0 Å². The average molecular weight is 277 g/mol. The Morgan fingerprint density at radius 1 is 1.39 bits per heavy atom. The number of rotatable bonds is 0. The van der Waals surface area contributed by atoms with E-state index in [9.17, 15) is 18.3 Å². The third-order valence-electron chi connectivity index (χ3n) is 3.29. The monoisotopic (exact) mass is 277 g/mol. The van der Waals surface area contributed by atoms with Crippen molar-refractivity contribution in [3.63, 3.8) is 0 Å². The van der Waals surface area contributed by atoms with Crippen LogP contribution in [0, 0.1) is 0 Å². The van der Waals surface area contributed by atoms with E-state index in [0.717, 1.165) is 0 Å². The van der Waals surface area contributed by atoms with Crippen LogP contribution in [0.4, 0.5) is 4.79 Å². The van der Waals surface area contributed by atoms with Crippen molar-refractivity contribution in [3.8, 4) is 0 Å². The standard InChI is InChI=1S/C11H19NO5S/c1-10(2,3)17-9(14)12-6-11(7-12)4-8(13)5-18(11,15)16/h8,13H,4-7H2,1-3H3/t8-/m1/s1. The summed E-state index contributed by atoms with van der Waals surface area (Å²) in [4.78, 5) is 13.1. The molecular weight excluding hydrogens is 258 g/mol. The van der Waals surface area contributed by atoms with E-state index in [1.807, 2.05) is 0 Å². The highest BCUT2D eigenvalue weighted by Gasteiger charge is 2.60. The molecule has 2 aliphatic heterocycles. The number of aliphatic hydroxyl groups excluding tert-OH is 1. The lowest BCUT2D eigenvalue weighted by molar-refractivity contribution is 0.000292. The lowest BCUT2D eigenvalue weighted by Gasteiger charge is -2.46. The Morgan fingerprint density at radius 2 is 1.94 bits per heavy atom. The van der Waals surface area contributed by atoms with Crippen LogP contribution in [-0.2, 0) is 14.6 Å². The van der Waals surface area contributed by atoms with Crippen LogP contribution in [0.5, 0.6) is 0 Å². The van der Waals surface area contributed by atoms with Crippen LogP contribution in [-0.4, -0.2) is 59.8 Å². The zero-order valence-corrected chi connectivity index (χ0v) is 11.7. The van der Waals surface area contributed by atoms with E-state index in [-0.39, 0.29) is 25.3 Å². The fraction of sp³-hybridized carbons (Fsp3) is 0.909. The molecule has 0 unspecified atom stereocenters. The Hall–Kier alpha value is -0.820. The van der Waals surface area contributed by atoms with E-state index in [4.69, 9.17) is 4.74 Å². The fourth-order valence-electron chi connectivity index (χ4n) is 2.48. The van der Waals surface area contributed by atoms with E-state index in [2.05, 4.69) is 0 Å². The van der Waals surface area contributed by atoms with Gasteiger partial charge in [0, 0.05) is 13.1 Å². The van der Waals surface area contributed by atoms with Gasteiger partial charge in [-0.3, -0.25) is 0 Å². The van der Waals surface area contributed by atoms with Crippen molar-refractivity contribution in [2.45, 2.75) is 43.6 Å². The molecule has 1 atom stereocenters. The molecule has 7 heteroatoms. The van der Waals surface area contributed by atoms with Gasteiger partial charge in [-0.15, -0.1) is 0 Å². The van der Waals surface area contributed by atoms with Crippen LogP contribution in [0.25, 0.3) is 0 Å². The summed E-state index contributed by atoms with van der Waals surface area (Å²) < 4.78 is 28.0. The Bertz CT molecular complexity index is 458. The topological polar surface area (TPSA) is 83.9 Å². The van der Waals surface area contributed by atoms with E-state index in [0.29, 0.717) is 0 Å². The summed E-state index contributed by atoms with van der Waals surface area (Å²) >= 11 is 0. The number of amides is 1. The summed E-state index contributed by atoms with van der Waals surface area (Å²) in [7, 11) is -3.31. The zero-order valence-electron chi connectivity index (χ0n) is 10.8. The maximum atomic E-state index is 11.9. The van der Waals surface area contributed by atoms with Crippen molar-refractivity contribution in [1.29, 1.82) is 0 Å². The van der Waals surface area contributed by atoms with Crippen LogP contribution in [0.3, 0.4) is 0 Å². The second kappa shape index (κ2) is 3.84. The number of ether oxygens (including phenoxy) is 1. The summed E-state index contributed by atoms with van der Waals surface area (Å²) in [5.74, 6) is -0.199. The molecule has 1 amide bonds. The van der Waals surface area contributed by atoms with Crippen molar-refractivity contribution in [3.05, 3.63) is 0 Å². The quantitative estimate of drug-likeness (QED) is 0.681. The lowest BCUT2D eigenvalue weighted by atomic mass is 9.93. The Kier molecular flexibility index (Phi) is 2.90. The first kappa shape index (κ1) is 13.6. The van der Waals surface area contributed by atoms with Crippen molar-refractivity contribution >= 4 is 15.9 Å². The molecule has 2 heterocycles. The van der Waals surface area contributed by atoms with Crippen LogP contribution in [0.2, 0.25) is 0 Å². The predicted octanol–water partition coefficient (Wildman–Crippen LogP) is 0.155. The number of carbonyl (C=O) groups is 1. The maximum Gasteiger partial charge on any atom is 0.410 e. The minimum atomic E-state index is -3.31. The van der Waals surface area contributed by atoms with Crippen molar-refractivity contribution in [1.82, 2.24) is 4.90 Å². The Balaban J connectivity index is 2.00. The van der Waals surface area contributed by atoms with Gasteiger partial charge in [-0.1, -0.05) is 0 Å². The molecule has 0 aromatic rings. The van der Waals surface area contributed by atoms with Crippen LogP contribution in [0.15, 0.2) is 0 Å². The van der Waals surface area contributed by atoms with Crippen molar-refractivity contribution in [2.75, 3.05) is 18.8 Å². The smallest absolute Gasteiger partial charge is 0.410 e.